The maximum atomic E-state index is 11.4. The smallest absolute Gasteiger partial charge is 0.326 e. The molecule has 0 aliphatic heterocycles. The molecule has 0 aliphatic rings. The first kappa shape index (κ1) is 14.7. The fourth-order valence-corrected chi connectivity index (χ4v) is 1.43. The Morgan fingerprint density at radius 2 is 2.00 bits per heavy atom. The molecular formula is C13H15NO5. The van der Waals surface area contributed by atoms with E-state index in [2.05, 4.69) is 5.32 Å². The third kappa shape index (κ3) is 5.67. The fraction of sp³-hybridized carbons (Fsp3) is 0.308. The first-order valence-electron chi connectivity index (χ1n) is 5.75. The number of carboxylic acid groups (broad SMARTS) is 1. The summed E-state index contributed by atoms with van der Waals surface area (Å²) in [7, 11) is 0. The lowest BCUT2D eigenvalue weighted by Gasteiger charge is -2.10. The van der Waals surface area contributed by atoms with Crippen LogP contribution in [0.4, 0.5) is 0 Å². The molecule has 102 valence electrons. The molecule has 0 saturated heterocycles. The third-order valence-corrected chi connectivity index (χ3v) is 2.45. The summed E-state index contributed by atoms with van der Waals surface area (Å²) in [5, 5.41) is 10.9. The van der Waals surface area contributed by atoms with Gasteiger partial charge in [-0.2, -0.15) is 0 Å². The second-order valence-electron chi connectivity index (χ2n) is 3.86. The normalized spacial score (nSPS) is 11.4. The van der Waals surface area contributed by atoms with Crippen molar-refractivity contribution in [3.63, 3.8) is 0 Å². The van der Waals surface area contributed by atoms with Crippen LogP contribution in [0.2, 0.25) is 0 Å². The highest BCUT2D eigenvalue weighted by atomic mass is 16.5. The molecule has 1 atom stereocenters. The summed E-state index contributed by atoms with van der Waals surface area (Å²) in [6.07, 6.45) is 0.237. The molecule has 1 unspecified atom stereocenters. The molecule has 0 saturated carbocycles. The Bertz CT molecular complexity index is 432. The van der Waals surface area contributed by atoms with E-state index >= 15 is 0 Å². The van der Waals surface area contributed by atoms with Crippen molar-refractivity contribution in [1.82, 2.24) is 5.32 Å². The molecule has 1 amide bonds. The number of amides is 1. The molecule has 1 aromatic carbocycles. The second-order valence-corrected chi connectivity index (χ2v) is 3.86. The molecule has 0 aliphatic carbocycles. The summed E-state index contributed by atoms with van der Waals surface area (Å²) in [6, 6.07) is 8.09. The lowest BCUT2D eigenvalue weighted by molar-refractivity contribution is -0.146. The predicted octanol–water partition coefficient (Wildman–Crippen LogP) is 0.709. The molecule has 6 nitrogen and oxygen atoms in total. The first-order valence-corrected chi connectivity index (χ1v) is 5.75. The fourth-order valence-electron chi connectivity index (χ4n) is 1.43. The number of aliphatic carboxylic acids is 1. The SMILES string of the molecule is O=CNC(CCC(=O)OCc1ccccc1)C(=O)O. The van der Waals surface area contributed by atoms with E-state index in [1.165, 1.54) is 0 Å². The third-order valence-electron chi connectivity index (χ3n) is 2.45. The Balaban J connectivity index is 2.31. The van der Waals surface area contributed by atoms with Gasteiger partial charge in [-0.3, -0.25) is 9.59 Å². The molecule has 0 spiro atoms. The van der Waals surface area contributed by atoms with E-state index in [1.54, 1.807) is 0 Å². The number of hydrogen-bond donors (Lipinski definition) is 2. The van der Waals surface area contributed by atoms with Gasteiger partial charge in [-0.1, -0.05) is 30.3 Å². The summed E-state index contributed by atoms with van der Waals surface area (Å²) in [4.78, 5) is 32.3. The number of ether oxygens (including phenoxy) is 1. The molecule has 0 radical (unpaired) electrons. The van der Waals surface area contributed by atoms with Crippen LogP contribution in [0.15, 0.2) is 30.3 Å². The predicted molar refractivity (Wildman–Crippen MR) is 66.1 cm³/mol. The van der Waals surface area contributed by atoms with Crippen LogP contribution in [0.3, 0.4) is 0 Å². The van der Waals surface area contributed by atoms with E-state index in [0.29, 0.717) is 6.41 Å². The standard InChI is InChI=1S/C13H15NO5/c15-9-14-11(13(17)18)6-7-12(16)19-8-10-4-2-1-3-5-10/h1-5,9,11H,6-8H2,(H,14,15)(H,17,18). The molecule has 1 rings (SSSR count). The summed E-state index contributed by atoms with van der Waals surface area (Å²) in [5.41, 5.74) is 0.858. The van der Waals surface area contributed by atoms with Gasteiger partial charge in [-0.15, -0.1) is 0 Å². The molecular weight excluding hydrogens is 250 g/mol. The van der Waals surface area contributed by atoms with Crippen LogP contribution in [0.25, 0.3) is 0 Å². The topological polar surface area (TPSA) is 92.7 Å². The molecule has 0 bridgehead atoms. The molecule has 1 aromatic rings. The minimum Gasteiger partial charge on any atom is -0.480 e. The number of benzene rings is 1. The van der Waals surface area contributed by atoms with Gasteiger partial charge in [0.1, 0.15) is 12.6 Å². The van der Waals surface area contributed by atoms with E-state index in [1.807, 2.05) is 30.3 Å². The van der Waals surface area contributed by atoms with Gasteiger partial charge in [0.2, 0.25) is 6.41 Å². The average molecular weight is 265 g/mol. The number of carbonyl (C=O) groups is 3. The second kappa shape index (κ2) is 7.86. The van der Waals surface area contributed by atoms with E-state index in [9.17, 15) is 14.4 Å². The molecule has 0 fully saturated rings. The Labute approximate surface area is 110 Å². The van der Waals surface area contributed by atoms with Crippen molar-refractivity contribution in [3.05, 3.63) is 35.9 Å². The highest BCUT2D eigenvalue weighted by Crippen LogP contribution is 2.04. The van der Waals surface area contributed by atoms with Crippen molar-refractivity contribution in [2.24, 2.45) is 0 Å². The Hall–Kier alpha value is -2.37. The van der Waals surface area contributed by atoms with E-state index < -0.39 is 18.0 Å². The number of carbonyl (C=O) groups excluding carboxylic acids is 2. The van der Waals surface area contributed by atoms with Gasteiger partial charge in [0, 0.05) is 6.42 Å². The number of nitrogens with one attached hydrogen (secondary N) is 1. The minimum absolute atomic E-state index is 0.00168. The van der Waals surface area contributed by atoms with Crippen molar-refractivity contribution in [2.75, 3.05) is 0 Å². The van der Waals surface area contributed by atoms with Gasteiger partial charge >= 0.3 is 11.9 Å². The zero-order valence-corrected chi connectivity index (χ0v) is 10.2. The summed E-state index contributed by atoms with van der Waals surface area (Å²) >= 11 is 0. The van der Waals surface area contributed by atoms with E-state index in [-0.39, 0.29) is 19.4 Å². The van der Waals surface area contributed by atoms with Crippen LogP contribution < -0.4 is 5.32 Å². The van der Waals surface area contributed by atoms with Crippen LogP contribution in [0.5, 0.6) is 0 Å². The largest absolute Gasteiger partial charge is 0.480 e. The molecule has 0 heterocycles. The Morgan fingerprint density at radius 1 is 1.32 bits per heavy atom. The van der Waals surface area contributed by atoms with Crippen molar-refractivity contribution in [3.8, 4) is 0 Å². The lowest BCUT2D eigenvalue weighted by atomic mass is 10.1. The quantitative estimate of drug-likeness (QED) is 0.533. The van der Waals surface area contributed by atoms with Crippen molar-refractivity contribution in [1.29, 1.82) is 0 Å². The monoisotopic (exact) mass is 265 g/mol. The van der Waals surface area contributed by atoms with Gasteiger partial charge in [-0.25, -0.2) is 4.79 Å². The van der Waals surface area contributed by atoms with Gasteiger partial charge in [0.05, 0.1) is 0 Å². The lowest BCUT2D eigenvalue weighted by Crippen LogP contribution is -2.36. The number of hydrogen-bond acceptors (Lipinski definition) is 4. The van der Waals surface area contributed by atoms with Gasteiger partial charge in [0.25, 0.3) is 0 Å². The molecule has 6 heteroatoms. The van der Waals surface area contributed by atoms with Gasteiger partial charge in [-0.05, 0) is 12.0 Å². The zero-order chi connectivity index (χ0) is 14.1. The van der Waals surface area contributed by atoms with E-state index in [4.69, 9.17) is 9.84 Å². The Morgan fingerprint density at radius 3 is 2.58 bits per heavy atom. The van der Waals surface area contributed by atoms with Crippen molar-refractivity contribution in [2.45, 2.75) is 25.5 Å². The number of carboxylic acids is 1. The molecule has 2 N–H and O–H groups in total. The summed E-state index contributed by atoms with van der Waals surface area (Å²) < 4.78 is 4.99. The van der Waals surface area contributed by atoms with Crippen LogP contribution in [-0.2, 0) is 25.7 Å². The maximum absolute atomic E-state index is 11.4. The first-order chi connectivity index (χ1) is 9.13. The van der Waals surface area contributed by atoms with Crippen molar-refractivity contribution < 1.29 is 24.2 Å². The summed E-state index contributed by atoms with van der Waals surface area (Å²) in [5.74, 6) is -1.68. The highest BCUT2D eigenvalue weighted by molar-refractivity contribution is 5.77. The zero-order valence-electron chi connectivity index (χ0n) is 10.2. The molecule has 0 aromatic heterocycles. The molecule has 19 heavy (non-hydrogen) atoms. The summed E-state index contributed by atoms with van der Waals surface area (Å²) in [6.45, 7) is 0.151. The van der Waals surface area contributed by atoms with Gasteiger partial charge < -0.3 is 15.2 Å². The number of esters is 1. The van der Waals surface area contributed by atoms with Crippen LogP contribution in [-0.4, -0.2) is 29.5 Å². The average Bonchev–Trinajstić information content (AvgIpc) is 2.42. The van der Waals surface area contributed by atoms with Gasteiger partial charge in [0.15, 0.2) is 0 Å². The highest BCUT2D eigenvalue weighted by Gasteiger charge is 2.18. The van der Waals surface area contributed by atoms with E-state index in [0.717, 1.165) is 5.56 Å². The van der Waals surface area contributed by atoms with Crippen LogP contribution in [0, 0.1) is 0 Å². The Kier molecular flexibility index (Phi) is 6.08. The number of rotatable bonds is 8. The van der Waals surface area contributed by atoms with Crippen LogP contribution >= 0.6 is 0 Å². The van der Waals surface area contributed by atoms with Crippen LogP contribution in [0.1, 0.15) is 18.4 Å². The van der Waals surface area contributed by atoms with Crippen molar-refractivity contribution >= 4 is 18.3 Å². The maximum Gasteiger partial charge on any atom is 0.326 e. The minimum atomic E-state index is -1.18.